The van der Waals surface area contributed by atoms with E-state index in [1.807, 2.05) is 30.3 Å². The smallest absolute Gasteiger partial charge is 0.352 e. The van der Waals surface area contributed by atoms with E-state index >= 15 is 0 Å². The lowest BCUT2D eigenvalue weighted by atomic mass is 10.0. The van der Waals surface area contributed by atoms with Crippen LogP contribution in [0.2, 0.25) is 0 Å². The minimum Gasteiger partial charge on any atom is -0.477 e. The summed E-state index contributed by atoms with van der Waals surface area (Å²) in [4.78, 5) is 64.6. The number of carbonyl (C=O) groups excluding carboxylic acids is 2. The molecule has 234 valence electrons. The lowest BCUT2D eigenvalue weighted by Crippen LogP contribution is -2.71. The number of carbonyl (C=O) groups is 4. The van der Waals surface area contributed by atoms with Crippen molar-refractivity contribution in [3.63, 3.8) is 0 Å². The number of anilines is 1. The number of fused-ring (bicyclic) bond motifs is 1. The molecule has 0 radical (unpaired) electrons. The normalized spacial score (nSPS) is 18.3. The molecule has 45 heavy (non-hydrogen) atoms. The van der Waals surface area contributed by atoms with E-state index in [-0.39, 0.29) is 57.8 Å². The third-order valence-electron chi connectivity index (χ3n) is 6.44. The number of nitrogens with two attached hydrogens (primary N) is 1. The van der Waals surface area contributed by atoms with E-state index < -0.39 is 35.2 Å². The van der Waals surface area contributed by atoms with Crippen LogP contribution in [-0.2, 0) is 37.2 Å². The highest BCUT2D eigenvalue weighted by Gasteiger charge is 2.54. The predicted molar refractivity (Wildman–Crippen MR) is 164 cm³/mol. The van der Waals surface area contributed by atoms with Crippen molar-refractivity contribution in [1.29, 1.82) is 0 Å². The zero-order valence-corrected chi connectivity index (χ0v) is 25.7. The highest BCUT2D eigenvalue weighted by Crippen LogP contribution is 2.41. The molecule has 1 unspecified atom stereocenters. The Bertz CT molecular complexity index is 1720. The fourth-order valence-electron chi connectivity index (χ4n) is 4.28. The summed E-state index contributed by atoms with van der Waals surface area (Å²) in [6, 6.07) is 8.15. The first-order valence-electron chi connectivity index (χ1n) is 12.9. The molecular formula is C25H24N10O7S3. The van der Waals surface area contributed by atoms with Gasteiger partial charge in [-0.1, -0.05) is 47.2 Å². The number of rotatable bonds is 13. The number of aliphatic carboxylic acids is 2. The molecule has 2 aliphatic heterocycles. The Kier molecular flexibility index (Phi) is 9.74. The van der Waals surface area contributed by atoms with Crippen LogP contribution in [0.15, 0.2) is 62.3 Å². The van der Waals surface area contributed by atoms with Crippen molar-refractivity contribution < 1.29 is 34.2 Å². The number of carboxylic acid groups (broad SMARTS) is 2. The molecule has 1 saturated heterocycles. The number of thioether (sulfide) groups is 2. The summed E-state index contributed by atoms with van der Waals surface area (Å²) < 4.78 is 1.24. The maximum Gasteiger partial charge on any atom is 0.352 e. The first-order valence-corrected chi connectivity index (χ1v) is 15.8. The van der Waals surface area contributed by atoms with Crippen LogP contribution in [0.25, 0.3) is 0 Å². The molecule has 2 aromatic heterocycles. The molecule has 5 N–H and O–H groups in total. The SMILES string of the molecule is C/N=C(\Cn1nnnc1SCC1=C(C(=O)O)N2C(=O)C(NC(=O)/C(=N/OCc3ccccc3)c3csc(N)n3)[C@H]2SC1)C(=O)O. The number of oxime groups is 1. The number of nitrogens with zero attached hydrogens (tertiary/aromatic N) is 8. The van der Waals surface area contributed by atoms with Gasteiger partial charge in [-0.25, -0.2) is 19.3 Å². The number of β-lactam (4-membered cyclic amide) rings is 1. The lowest BCUT2D eigenvalue weighted by Gasteiger charge is -2.49. The lowest BCUT2D eigenvalue weighted by molar-refractivity contribution is -0.150. The molecule has 0 saturated carbocycles. The van der Waals surface area contributed by atoms with Gasteiger partial charge in [-0.15, -0.1) is 28.2 Å². The number of nitrogens with one attached hydrogen (secondary N) is 1. The molecule has 2 aliphatic rings. The Morgan fingerprint density at radius 1 is 1.24 bits per heavy atom. The average molecular weight is 673 g/mol. The van der Waals surface area contributed by atoms with Crippen LogP contribution in [0.5, 0.6) is 0 Å². The monoisotopic (exact) mass is 672 g/mol. The second kappa shape index (κ2) is 13.9. The van der Waals surface area contributed by atoms with Crippen molar-refractivity contribution in [1.82, 2.24) is 35.4 Å². The Morgan fingerprint density at radius 3 is 2.69 bits per heavy atom. The molecule has 1 aromatic carbocycles. The molecular weight excluding hydrogens is 649 g/mol. The average Bonchev–Trinajstić information content (AvgIpc) is 3.67. The number of nitrogen functional groups attached to an aromatic ring is 1. The summed E-state index contributed by atoms with van der Waals surface area (Å²) in [7, 11) is 1.34. The van der Waals surface area contributed by atoms with Crippen molar-refractivity contribution in [2.75, 3.05) is 24.3 Å². The summed E-state index contributed by atoms with van der Waals surface area (Å²) in [5.41, 5.74) is 6.62. The molecule has 5 rings (SSSR count). The number of benzene rings is 1. The summed E-state index contributed by atoms with van der Waals surface area (Å²) in [6.07, 6.45) is 0. The maximum absolute atomic E-state index is 13.3. The summed E-state index contributed by atoms with van der Waals surface area (Å²) in [5, 5.41) is 38.4. The van der Waals surface area contributed by atoms with Crippen LogP contribution in [0, 0.1) is 0 Å². The van der Waals surface area contributed by atoms with Crippen LogP contribution in [-0.4, -0.2) is 105 Å². The molecule has 20 heteroatoms. The maximum atomic E-state index is 13.3. The summed E-state index contributed by atoms with van der Waals surface area (Å²) >= 11 is 3.47. The molecule has 0 spiro atoms. The number of thiazole rings is 1. The number of amides is 2. The standard InChI is InChI=1S/C25H24N10O7S3/c1-27-14(22(38)39)7-34-25(30-32-33-34)45-10-13-9-43-21-17(20(37)35(21)18(13)23(40)41)29-19(36)16(15-11-44-24(26)28-15)31-42-8-12-5-3-2-4-6-12/h2-6,11,17,21H,7-10H2,1H3,(H2,26,28)(H,29,36)(H,38,39)(H,40,41)/b27-14+,31-16+/t17?,21-/m1/s1. The second-order valence-electron chi connectivity index (χ2n) is 9.27. The van der Waals surface area contributed by atoms with Crippen molar-refractivity contribution in [3.8, 4) is 0 Å². The minimum atomic E-state index is -1.31. The fourth-order valence-corrected chi connectivity index (χ4v) is 7.19. The zero-order chi connectivity index (χ0) is 32.1. The van der Waals surface area contributed by atoms with Crippen LogP contribution in [0.1, 0.15) is 11.3 Å². The van der Waals surface area contributed by atoms with E-state index in [1.54, 1.807) is 0 Å². The van der Waals surface area contributed by atoms with Crippen LogP contribution < -0.4 is 11.1 Å². The largest absolute Gasteiger partial charge is 0.477 e. The Morgan fingerprint density at radius 2 is 2.02 bits per heavy atom. The van der Waals surface area contributed by atoms with E-state index in [9.17, 15) is 29.4 Å². The third kappa shape index (κ3) is 6.97. The van der Waals surface area contributed by atoms with Crippen LogP contribution in [0.4, 0.5) is 5.13 Å². The summed E-state index contributed by atoms with van der Waals surface area (Å²) in [5.74, 6) is -3.54. The summed E-state index contributed by atoms with van der Waals surface area (Å²) in [6.45, 7) is -0.108. The molecule has 17 nitrogen and oxygen atoms in total. The van der Waals surface area contributed by atoms with Gasteiger partial charge < -0.3 is 26.1 Å². The van der Waals surface area contributed by atoms with Gasteiger partial charge in [0.05, 0.1) is 6.54 Å². The highest BCUT2D eigenvalue weighted by atomic mass is 32.2. The van der Waals surface area contributed by atoms with Gasteiger partial charge >= 0.3 is 11.9 Å². The Hall–Kier alpha value is -4.82. The van der Waals surface area contributed by atoms with Crippen molar-refractivity contribution in [2.24, 2.45) is 10.1 Å². The fraction of sp³-hybridized carbons (Fsp3) is 0.280. The van der Waals surface area contributed by atoms with Crippen LogP contribution >= 0.6 is 34.9 Å². The molecule has 2 atom stereocenters. The molecule has 4 heterocycles. The first-order chi connectivity index (χ1) is 21.7. The molecule has 2 amide bonds. The zero-order valence-electron chi connectivity index (χ0n) is 23.3. The van der Waals surface area contributed by atoms with Gasteiger partial charge in [-0.2, -0.15) is 0 Å². The third-order valence-corrected chi connectivity index (χ3v) is 9.49. The second-order valence-corrected chi connectivity index (χ2v) is 12.2. The van der Waals surface area contributed by atoms with E-state index in [4.69, 9.17) is 10.6 Å². The van der Waals surface area contributed by atoms with Crippen molar-refractivity contribution in [3.05, 3.63) is 58.2 Å². The van der Waals surface area contributed by atoms with E-state index in [0.29, 0.717) is 5.57 Å². The highest BCUT2D eigenvalue weighted by molar-refractivity contribution is 8.01. The number of tetrazole rings is 1. The number of hydrogen-bond donors (Lipinski definition) is 4. The molecule has 1 fully saturated rings. The Labute approximate surface area is 266 Å². The Balaban J connectivity index is 1.28. The number of aliphatic imine (C=N–C) groups is 1. The van der Waals surface area contributed by atoms with Gasteiger partial charge in [0.1, 0.15) is 35.1 Å². The van der Waals surface area contributed by atoms with Gasteiger partial charge in [0.25, 0.3) is 11.8 Å². The molecule has 0 bridgehead atoms. The van der Waals surface area contributed by atoms with Gasteiger partial charge in [0.15, 0.2) is 10.8 Å². The van der Waals surface area contributed by atoms with E-state index in [1.165, 1.54) is 28.9 Å². The molecule has 3 aromatic rings. The topological polar surface area (TPSA) is 240 Å². The number of carboxylic acids is 2. The van der Waals surface area contributed by atoms with Gasteiger partial charge in [-0.3, -0.25) is 19.5 Å². The quantitative estimate of drug-likeness (QED) is 0.0828. The van der Waals surface area contributed by atoms with Gasteiger partial charge in [0.2, 0.25) is 5.16 Å². The molecule has 0 aliphatic carbocycles. The van der Waals surface area contributed by atoms with Gasteiger partial charge in [0, 0.05) is 23.9 Å². The van der Waals surface area contributed by atoms with Crippen LogP contribution in [0.3, 0.4) is 0 Å². The predicted octanol–water partition coefficient (Wildman–Crippen LogP) is 0.319. The van der Waals surface area contributed by atoms with Crippen molar-refractivity contribution in [2.45, 2.75) is 29.7 Å². The minimum absolute atomic E-state index is 0.0820. The van der Waals surface area contributed by atoms with E-state index in [2.05, 4.69) is 36.0 Å². The first kappa shape index (κ1) is 31.6. The van der Waals surface area contributed by atoms with Gasteiger partial charge in [-0.05, 0) is 21.6 Å². The van der Waals surface area contributed by atoms with Crippen molar-refractivity contribution >= 4 is 75.2 Å². The number of hydrogen-bond acceptors (Lipinski definition) is 15. The number of aromatic nitrogens is 5. The van der Waals surface area contributed by atoms with E-state index in [0.717, 1.165) is 33.6 Å².